The topological polar surface area (TPSA) is 89.9 Å². The number of rotatable bonds is 4. The Morgan fingerprint density at radius 3 is 2.56 bits per heavy atom. The van der Waals surface area contributed by atoms with Crippen LogP contribution in [0.25, 0.3) is 10.9 Å². The fourth-order valence-corrected chi connectivity index (χ4v) is 5.98. The van der Waals surface area contributed by atoms with Crippen LogP contribution in [0.2, 0.25) is 0 Å². The lowest BCUT2D eigenvalue weighted by molar-refractivity contribution is 0.0476. The van der Waals surface area contributed by atoms with Gasteiger partial charge in [-0.3, -0.25) is 4.79 Å². The van der Waals surface area contributed by atoms with Crippen molar-refractivity contribution in [3.05, 3.63) is 39.4 Å². The van der Waals surface area contributed by atoms with Gasteiger partial charge < -0.3 is 24.3 Å². The lowest BCUT2D eigenvalue weighted by Crippen LogP contribution is -2.46. The van der Waals surface area contributed by atoms with Gasteiger partial charge in [0, 0.05) is 41.5 Å². The minimum atomic E-state index is -0.718. The van der Waals surface area contributed by atoms with Crippen LogP contribution in [0.15, 0.2) is 16.9 Å². The van der Waals surface area contributed by atoms with Crippen LogP contribution in [0.5, 0.6) is 0 Å². The van der Waals surface area contributed by atoms with Crippen LogP contribution in [-0.4, -0.2) is 48.0 Å². The Labute approximate surface area is 209 Å². The molecule has 36 heavy (non-hydrogen) atoms. The average molecular weight is 500 g/mol. The normalized spacial score (nSPS) is 22.4. The highest BCUT2D eigenvalue weighted by Crippen LogP contribution is 2.48. The first-order valence-corrected chi connectivity index (χ1v) is 12.7. The van der Waals surface area contributed by atoms with Crippen LogP contribution in [0, 0.1) is 11.7 Å². The predicted molar refractivity (Wildman–Crippen MR) is 134 cm³/mol. The summed E-state index contributed by atoms with van der Waals surface area (Å²) < 4.78 is 27.6. The number of carbonyl (C=O) groups excluding carboxylic acids is 2. The van der Waals surface area contributed by atoms with Gasteiger partial charge in [0.05, 0.1) is 18.3 Å². The van der Waals surface area contributed by atoms with Crippen LogP contribution in [0.4, 0.5) is 14.9 Å². The maximum atomic E-state index is 15.7. The number of nitrogens with one attached hydrogen (secondary N) is 1. The van der Waals surface area contributed by atoms with Gasteiger partial charge in [-0.2, -0.15) is 0 Å². The molecular weight excluding hydrogens is 465 g/mol. The van der Waals surface area contributed by atoms with E-state index in [0.717, 1.165) is 24.8 Å². The van der Waals surface area contributed by atoms with E-state index in [4.69, 9.17) is 9.47 Å². The molecule has 1 aliphatic carbocycles. The Bertz CT molecular complexity index is 1310. The summed E-state index contributed by atoms with van der Waals surface area (Å²) in [7, 11) is 1.23. The minimum Gasteiger partial charge on any atom is -0.465 e. The maximum Gasteiger partial charge on any atom is 0.408 e. The third kappa shape index (κ3) is 4.12. The van der Waals surface area contributed by atoms with Crippen LogP contribution in [0.3, 0.4) is 0 Å². The molecule has 1 amide bonds. The van der Waals surface area contributed by atoms with Gasteiger partial charge in [-0.05, 0) is 71.9 Å². The van der Waals surface area contributed by atoms with E-state index < -0.39 is 23.2 Å². The van der Waals surface area contributed by atoms with Gasteiger partial charge >= 0.3 is 12.1 Å². The Hall–Kier alpha value is -3.10. The smallest absolute Gasteiger partial charge is 0.408 e. The molecule has 1 unspecified atom stereocenters. The molecule has 2 fully saturated rings. The summed E-state index contributed by atoms with van der Waals surface area (Å²) in [6.07, 6.45) is 3.49. The van der Waals surface area contributed by atoms with Gasteiger partial charge in [0.15, 0.2) is 0 Å². The monoisotopic (exact) mass is 499 g/mol. The zero-order valence-corrected chi connectivity index (χ0v) is 21.6. The number of halogens is 1. The summed E-state index contributed by atoms with van der Waals surface area (Å²) in [5.41, 5.74) is 0.665. The van der Waals surface area contributed by atoms with Crippen LogP contribution >= 0.6 is 0 Å². The fourth-order valence-electron chi connectivity index (χ4n) is 5.98. The molecule has 2 atom stereocenters. The van der Waals surface area contributed by atoms with Gasteiger partial charge in [0.2, 0.25) is 0 Å². The van der Waals surface area contributed by atoms with Crippen molar-refractivity contribution in [2.75, 3.05) is 25.1 Å². The Balaban J connectivity index is 1.49. The molecule has 2 aliphatic heterocycles. The minimum absolute atomic E-state index is 0.0815. The third-order valence-electron chi connectivity index (χ3n) is 7.83. The number of hydrogen-bond acceptors (Lipinski definition) is 6. The van der Waals surface area contributed by atoms with Crippen molar-refractivity contribution in [2.24, 2.45) is 5.92 Å². The molecule has 1 saturated carbocycles. The lowest BCUT2D eigenvalue weighted by Gasteiger charge is -2.31. The van der Waals surface area contributed by atoms with Crippen molar-refractivity contribution in [2.45, 2.75) is 77.0 Å². The van der Waals surface area contributed by atoms with Crippen LogP contribution < -0.4 is 15.8 Å². The highest BCUT2D eigenvalue weighted by molar-refractivity contribution is 5.96. The highest BCUT2D eigenvalue weighted by atomic mass is 19.1. The second-order valence-corrected chi connectivity index (χ2v) is 11.5. The van der Waals surface area contributed by atoms with Gasteiger partial charge in [0.1, 0.15) is 17.0 Å². The molecule has 1 N–H and O–H groups in total. The number of anilines is 1. The second kappa shape index (κ2) is 8.49. The van der Waals surface area contributed by atoms with E-state index in [-0.39, 0.29) is 28.9 Å². The van der Waals surface area contributed by atoms with Gasteiger partial charge in [-0.1, -0.05) is 0 Å². The van der Waals surface area contributed by atoms with E-state index in [1.807, 2.05) is 27.7 Å². The van der Waals surface area contributed by atoms with Crippen molar-refractivity contribution >= 4 is 28.7 Å². The molecule has 3 aliphatic rings. The summed E-state index contributed by atoms with van der Waals surface area (Å²) in [4.78, 5) is 40.0. The SMILES string of the molecule is COC(=O)c1cc2cc(F)c(N3CC[C@@H](C4(NC(=O)OC(C)(C)C)CC4)C3)c3c2n(c1=O)C(C)CC3. The van der Waals surface area contributed by atoms with Crippen molar-refractivity contribution in [1.82, 2.24) is 9.88 Å². The average Bonchev–Trinajstić information content (AvgIpc) is 3.39. The number of carbonyl (C=O) groups is 2. The van der Waals surface area contributed by atoms with Crippen molar-refractivity contribution in [3.8, 4) is 0 Å². The second-order valence-electron chi connectivity index (χ2n) is 11.5. The number of alkyl carbamates (subject to hydrolysis) is 1. The largest absolute Gasteiger partial charge is 0.465 e. The first kappa shape index (κ1) is 24.6. The van der Waals surface area contributed by atoms with E-state index in [2.05, 4.69) is 10.2 Å². The Kier molecular flexibility index (Phi) is 5.80. The molecule has 1 aromatic heterocycles. The molecule has 0 radical (unpaired) electrons. The van der Waals surface area contributed by atoms with E-state index in [9.17, 15) is 14.4 Å². The molecule has 3 heterocycles. The van der Waals surface area contributed by atoms with Crippen LogP contribution in [0.1, 0.15) is 75.3 Å². The highest BCUT2D eigenvalue weighted by Gasteiger charge is 2.53. The number of amides is 1. The summed E-state index contributed by atoms with van der Waals surface area (Å²) in [5.74, 6) is -0.901. The van der Waals surface area contributed by atoms with E-state index >= 15 is 4.39 Å². The lowest BCUT2D eigenvalue weighted by atomic mass is 9.93. The maximum absolute atomic E-state index is 15.7. The first-order chi connectivity index (χ1) is 16.9. The predicted octanol–water partition coefficient (Wildman–Crippen LogP) is 4.32. The molecule has 0 spiro atoms. The summed E-state index contributed by atoms with van der Waals surface area (Å²) in [6.45, 7) is 8.74. The number of esters is 1. The zero-order chi connectivity index (χ0) is 26.0. The van der Waals surface area contributed by atoms with Crippen molar-refractivity contribution in [3.63, 3.8) is 0 Å². The van der Waals surface area contributed by atoms with Gasteiger partial charge in [-0.15, -0.1) is 0 Å². The number of ether oxygens (including phenoxy) is 2. The summed E-state index contributed by atoms with van der Waals surface area (Å²) in [5, 5.41) is 3.62. The van der Waals surface area contributed by atoms with Crippen molar-refractivity contribution < 1.29 is 23.5 Å². The van der Waals surface area contributed by atoms with E-state index in [1.54, 1.807) is 4.57 Å². The molecule has 1 saturated heterocycles. The number of aromatic nitrogens is 1. The van der Waals surface area contributed by atoms with E-state index in [0.29, 0.717) is 42.5 Å². The summed E-state index contributed by atoms with van der Waals surface area (Å²) >= 11 is 0. The molecule has 2 aromatic rings. The van der Waals surface area contributed by atoms with Crippen LogP contribution in [-0.2, 0) is 15.9 Å². The molecule has 9 heteroatoms. The number of benzene rings is 1. The number of hydrogen-bond donors (Lipinski definition) is 1. The van der Waals surface area contributed by atoms with Gasteiger partial charge in [0.25, 0.3) is 5.56 Å². The molecule has 8 nitrogen and oxygen atoms in total. The quantitative estimate of drug-likeness (QED) is 0.631. The van der Waals surface area contributed by atoms with E-state index in [1.165, 1.54) is 19.2 Å². The molecule has 0 bridgehead atoms. The molecular formula is C27H34FN3O5. The Morgan fingerprint density at radius 1 is 1.19 bits per heavy atom. The fraction of sp³-hybridized carbons (Fsp3) is 0.593. The van der Waals surface area contributed by atoms with Gasteiger partial charge in [-0.25, -0.2) is 14.0 Å². The first-order valence-electron chi connectivity index (χ1n) is 12.7. The molecule has 194 valence electrons. The number of aryl methyl sites for hydroxylation is 1. The molecule has 1 aromatic carbocycles. The standard InChI is InChI=1S/C27H34FN3O5/c1-15-6-7-18-21-16(12-19(24(33)35-5)23(32)31(15)21)13-20(28)22(18)30-11-8-17(14-30)27(9-10-27)29-25(34)36-26(2,3)4/h12-13,15,17H,6-11,14H2,1-5H3,(H,29,34)/t15?,17-/m1/s1. The third-order valence-corrected chi connectivity index (χ3v) is 7.83. The molecule has 5 rings (SSSR count). The summed E-state index contributed by atoms with van der Waals surface area (Å²) in [6, 6.07) is 2.76. The number of nitrogens with zero attached hydrogens (tertiary/aromatic N) is 2. The zero-order valence-electron chi connectivity index (χ0n) is 21.6. The Morgan fingerprint density at radius 2 is 1.92 bits per heavy atom. The van der Waals surface area contributed by atoms with Crippen molar-refractivity contribution in [1.29, 1.82) is 0 Å². The number of methoxy groups -OCH3 is 1. The number of pyridine rings is 1.